The minimum absolute atomic E-state index is 0.617. The van der Waals surface area contributed by atoms with Crippen molar-refractivity contribution >= 4 is 6.29 Å². The fourth-order valence-corrected chi connectivity index (χ4v) is 1.11. The first-order chi connectivity index (χ1) is 5.75. The standard InChI is InChI=1S/C11H10O/c1-9-5-3-6-10(2)11(9)7-4-8-12/h3,5-6,8H,1-2H3. The summed E-state index contributed by atoms with van der Waals surface area (Å²) in [5, 5.41) is 0. The van der Waals surface area contributed by atoms with Crippen molar-refractivity contribution in [2.75, 3.05) is 0 Å². The van der Waals surface area contributed by atoms with Crippen LogP contribution in [0, 0.1) is 25.7 Å². The summed E-state index contributed by atoms with van der Waals surface area (Å²) >= 11 is 0. The molecule has 0 N–H and O–H groups in total. The van der Waals surface area contributed by atoms with Crippen molar-refractivity contribution in [3.05, 3.63) is 34.9 Å². The Balaban J connectivity index is 3.21. The Morgan fingerprint density at radius 2 is 1.83 bits per heavy atom. The van der Waals surface area contributed by atoms with Crippen molar-refractivity contribution in [3.63, 3.8) is 0 Å². The van der Waals surface area contributed by atoms with Crippen LogP contribution in [0.15, 0.2) is 18.2 Å². The normalized spacial score (nSPS) is 8.50. The van der Waals surface area contributed by atoms with Crippen LogP contribution in [0.2, 0.25) is 0 Å². The van der Waals surface area contributed by atoms with Crippen molar-refractivity contribution in [2.45, 2.75) is 13.8 Å². The summed E-state index contributed by atoms with van der Waals surface area (Å²) in [7, 11) is 0. The average molecular weight is 158 g/mol. The Morgan fingerprint density at radius 3 is 2.33 bits per heavy atom. The van der Waals surface area contributed by atoms with Gasteiger partial charge < -0.3 is 0 Å². The second-order valence-electron chi connectivity index (χ2n) is 2.65. The molecule has 1 heteroatoms. The van der Waals surface area contributed by atoms with E-state index in [0.29, 0.717) is 6.29 Å². The third-order valence-corrected chi connectivity index (χ3v) is 1.74. The zero-order valence-corrected chi connectivity index (χ0v) is 7.22. The first-order valence-corrected chi connectivity index (χ1v) is 3.77. The molecule has 0 aliphatic rings. The molecule has 0 saturated heterocycles. The van der Waals surface area contributed by atoms with E-state index in [0.717, 1.165) is 16.7 Å². The van der Waals surface area contributed by atoms with Gasteiger partial charge in [0.05, 0.1) is 0 Å². The van der Waals surface area contributed by atoms with E-state index in [9.17, 15) is 4.79 Å². The first kappa shape index (κ1) is 8.55. The minimum atomic E-state index is 0.617. The third kappa shape index (κ3) is 1.73. The molecular formula is C11H10O. The quantitative estimate of drug-likeness (QED) is 0.416. The second kappa shape index (κ2) is 3.73. The van der Waals surface area contributed by atoms with Gasteiger partial charge in [0, 0.05) is 5.56 Å². The van der Waals surface area contributed by atoms with Crippen molar-refractivity contribution in [1.29, 1.82) is 0 Å². The summed E-state index contributed by atoms with van der Waals surface area (Å²) in [6, 6.07) is 5.96. The van der Waals surface area contributed by atoms with Crippen molar-refractivity contribution in [3.8, 4) is 11.8 Å². The van der Waals surface area contributed by atoms with Crippen LogP contribution in [0.4, 0.5) is 0 Å². The van der Waals surface area contributed by atoms with E-state index in [1.54, 1.807) is 0 Å². The van der Waals surface area contributed by atoms with Gasteiger partial charge in [0.2, 0.25) is 0 Å². The van der Waals surface area contributed by atoms with E-state index in [1.807, 2.05) is 32.0 Å². The smallest absolute Gasteiger partial charge is 0.193 e. The van der Waals surface area contributed by atoms with Crippen LogP contribution in [-0.4, -0.2) is 6.29 Å². The molecule has 0 aliphatic carbocycles. The molecule has 1 rings (SSSR count). The maximum Gasteiger partial charge on any atom is 0.193 e. The molecule has 0 atom stereocenters. The lowest BCUT2D eigenvalue weighted by atomic mass is 10.0. The van der Waals surface area contributed by atoms with Crippen molar-refractivity contribution in [1.82, 2.24) is 0 Å². The number of hydrogen-bond acceptors (Lipinski definition) is 1. The van der Waals surface area contributed by atoms with E-state index in [2.05, 4.69) is 11.8 Å². The molecule has 0 unspecified atom stereocenters. The molecule has 1 aromatic rings. The summed E-state index contributed by atoms with van der Waals surface area (Å²) in [6.45, 7) is 3.98. The number of carbonyl (C=O) groups is 1. The highest BCUT2D eigenvalue weighted by atomic mass is 16.1. The van der Waals surface area contributed by atoms with Gasteiger partial charge >= 0.3 is 0 Å². The van der Waals surface area contributed by atoms with Crippen LogP contribution in [0.3, 0.4) is 0 Å². The van der Waals surface area contributed by atoms with Gasteiger partial charge in [-0.3, -0.25) is 4.79 Å². The van der Waals surface area contributed by atoms with E-state index in [-0.39, 0.29) is 0 Å². The molecule has 1 nitrogen and oxygen atoms in total. The van der Waals surface area contributed by atoms with Crippen molar-refractivity contribution in [2.24, 2.45) is 0 Å². The zero-order chi connectivity index (χ0) is 8.97. The van der Waals surface area contributed by atoms with Crippen LogP contribution in [-0.2, 0) is 4.79 Å². The summed E-state index contributed by atoms with van der Waals surface area (Å²) in [6.07, 6.45) is 0.617. The summed E-state index contributed by atoms with van der Waals surface area (Å²) in [5.41, 5.74) is 3.19. The lowest BCUT2D eigenvalue weighted by molar-refractivity contribution is -0.103. The number of aldehydes is 1. The molecule has 12 heavy (non-hydrogen) atoms. The second-order valence-corrected chi connectivity index (χ2v) is 2.65. The lowest BCUT2D eigenvalue weighted by Crippen LogP contribution is -1.86. The topological polar surface area (TPSA) is 17.1 Å². The molecule has 1 aromatic carbocycles. The number of benzene rings is 1. The molecule has 0 aliphatic heterocycles. The third-order valence-electron chi connectivity index (χ3n) is 1.74. The van der Waals surface area contributed by atoms with Crippen LogP contribution in [0.1, 0.15) is 16.7 Å². The molecule has 0 amide bonds. The molecule has 60 valence electrons. The summed E-state index contributed by atoms with van der Waals surface area (Å²) in [4.78, 5) is 10.0. The predicted molar refractivity (Wildman–Crippen MR) is 48.9 cm³/mol. The van der Waals surface area contributed by atoms with E-state index < -0.39 is 0 Å². The highest BCUT2D eigenvalue weighted by Crippen LogP contribution is 2.10. The van der Waals surface area contributed by atoms with Gasteiger partial charge in [0.25, 0.3) is 0 Å². The van der Waals surface area contributed by atoms with Gasteiger partial charge in [-0.2, -0.15) is 0 Å². The van der Waals surface area contributed by atoms with Gasteiger partial charge in [-0.15, -0.1) is 0 Å². The first-order valence-electron chi connectivity index (χ1n) is 3.77. The summed E-state index contributed by atoms with van der Waals surface area (Å²) in [5.74, 6) is 5.23. The Labute approximate surface area is 72.4 Å². The monoisotopic (exact) mass is 158 g/mol. The van der Waals surface area contributed by atoms with Crippen LogP contribution in [0.25, 0.3) is 0 Å². The molecule has 0 fully saturated rings. The van der Waals surface area contributed by atoms with Gasteiger partial charge in [0.15, 0.2) is 6.29 Å². The van der Waals surface area contributed by atoms with Gasteiger partial charge in [-0.1, -0.05) is 24.1 Å². The minimum Gasteiger partial charge on any atom is -0.289 e. The van der Waals surface area contributed by atoms with Gasteiger partial charge in [-0.05, 0) is 30.9 Å². The largest absolute Gasteiger partial charge is 0.289 e. The Bertz CT molecular complexity index is 333. The summed E-state index contributed by atoms with van der Waals surface area (Å²) < 4.78 is 0. The van der Waals surface area contributed by atoms with Crippen LogP contribution >= 0.6 is 0 Å². The SMILES string of the molecule is Cc1cccc(C)c1C#CC=O. The van der Waals surface area contributed by atoms with Crippen LogP contribution in [0.5, 0.6) is 0 Å². The van der Waals surface area contributed by atoms with Gasteiger partial charge in [-0.25, -0.2) is 0 Å². The molecule has 0 spiro atoms. The molecule has 0 heterocycles. The molecule has 0 bridgehead atoms. The number of hydrogen-bond donors (Lipinski definition) is 0. The highest BCUT2D eigenvalue weighted by Gasteiger charge is 1.96. The van der Waals surface area contributed by atoms with Gasteiger partial charge in [0.1, 0.15) is 0 Å². The zero-order valence-electron chi connectivity index (χ0n) is 7.22. The fourth-order valence-electron chi connectivity index (χ4n) is 1.11. The molecule has 0 radical (unpaired) electrons. The predicted octanol–water partition coefficient (Wildman–Crippen LogP) is 1.85. The Hall–Kier alpha value is -1.55. The number of aryl methyl sites for hydroxylation is 2. The van der Waals surface area contributed by atoms with E-state index in [1.165, 1.54) is 0 Å². The lowest BCUT2D eigenvalue weighted by Gasteiger charge is -2.00. The van der Waals surface area contributed by atoms with Crippen molar-refractivity contribution < 1.29 is 4.79 Å². The maximum atomic E-state index is 10.0. The molecule has 0 saturated carbocycles. The Morgan fingerprint density at radius 1 is 1.25 bits per heavy atom. The Kier molecular flexibility index (Phi) is 2.66. The maximum absolute atomic E-state index is 10.0. The fraction of sp³-hybridized carbons (Fsp3) is 0.182. The highest BCUT2D eigenvalue weighted by molar-refractivity contribution is 5.74. The van der Waals surface area contributed by atoms with Crippen LogP contribution < -0.4 is 0 Å². The molecular weight excluding hydrogens is 148 g/mol. The average Bonchev–Trinajstić information content (AvgIpc) is 2.04. The van der Waals surface area contributed by atoms with E-state index in [4.69, 9.17) is 0 Å². The number of carbonyl (C=O) groups excluding carboxylic acids is 1. The van der Waals surface area contributed by atoms with E-state index >= 15 is 0 Å². The molecule has 0 aromatic heterocycles. The number of rotatable bonds is 0.